The Labute approximate surface area is 132 Å². The number of alkyl carbamates (subject to hydrolysis) is 1. The van der Waals surface area contributed by atoms with Gasteiger partial charge in [-0.3, -0.25) is 4.79 Å². The highest BCUT2D eigenvalue weighted by Gasteiger charge is 2.48. The van der Waals surface area contributed by atoms with Gasteiger partial charge in [0.1, 0.15) is 18.7 Å². The second-order valence-corrected chi connectivity index (χ2v) is 6.38. The Morgan fingerprint density at radius 3 is 2.95 bits per heavy atom. The van der Waals surface area contributed by atoms with Gasteiger partial charge in [0.2, 0.25) is 5.91 Å². The Bertz CT molecular complexity index is 616. The van der Waals surface area contributed by atoms with Gasteiger partial charge >= 0.3 is 6.09 Å². The third-order valence-electron chi connectivity index (χ3n) is 3.74. The molecule has 0 unspecified atom stereocenters. The van der Waals surface area contributed by atoms with Crippen molar-refractivity contribution >= 4 is 23.8 Å². The molecule has 0 saturated carbocycles. The minimum atomic E-state index is -0.609. The number of nitriles is 1. The molecule has 1 aromatic carbocycles. The number of hydrogen-bond donors (Lipinski definition) is 1. The van der Waals surface area contributed by atoms with E-state index >= 15 is 0 Å². The first-order valence-electron chi connectivity index (χ1n) is 6.99. The summed E-state index contributed by atoms with van der Waals surface area (Å²) in [7, 11) is 0. The van der Waals surface area contributed by atoms with E-state index < -0.39 is 18.2 Å². The van der Waals surface area contributed by atoms with Gasteiger partial charge < -0.3 is 15.0 Å². The van der Waals surface area contributed by atoms with Crippen molar-refractivity contribution in [2.45, 2.75) is 30.5 Å². The van der Waals surface area contributed by atoms with E-state index in [1.54, 1.807) is 16.7 Å². The van der Waals surface area contributed by atoms with Crippen LogP contribution >= 0.6 is 11.8 Å². The lowest BCUT2D eigenvalue weighted by molar-refractivity contribution is -0.130. The number of nitrogens with zero attached hydrogens (tertiary/aromatic N) is 2. The van der Waals surface area contributed by atoms with Crippen LogP contribution in [0, 0.1) is 11.3 Å². The molecule has 6 nitrogen and oxygen atoms in total. The van der Waals surface area contributed by atoms with Crippen LogP contribution in [0.15, 0.2) is 30.3 Å². The van der Waals surface area contributed by atoms with Crippen LogP contribution in [0.4, 0.5) is 4.79 Å². The van der Waals surface area contributed by atoms with Crippen molar-refractivity contribution in [3.63, 3.8) is 0 Å². The molecule has 114 valence electrons. The maximum atomic E-state index is 12.3. The molecule has 3 atom stereocenters. The molecule has 0 bridgehead atoms. The lowest BCUT2D eigenvalue weighted by Crippen LogP contribution is -2.44. The summed E-state index contributed by atoms with van der Waals surface area (Å²) in [6.45, 7) is 0.163. The van der Waals surface area contributed by atoms with Crippen LogP contribution in [0.2, 0.25) is 0 Å². The van der Waals surface area contributed by atoms with E-state index in [1.807, 2.05) is 30.3 Å². The minimum absolute atomic E-state index is 0.0171. The fraction of sp³-hybridized carbons (Fsp3) is 0.400. The Hall–Kier alpha value is -2.20. The number of carbonyl (C=O) groups excluding carboxylic acids is 2. The first-order valence-corrected chi connectivity index (χ1v) is 8.04. The number of carbonyl (C=O) groups is 2. The molecular weight excluding hydrogens is 302 g/mol. The molecule has 1 N–H and O–H groups in total. The quantitative estimate of drug-likeness (QED) is 0.913. The summed E-state index contributed by atoms with van der Waals surface area (Å²) < 4.78 is 5.12. The van der Waals surface area contributed by atoms with E-state index in [0.717, 1.165) is 5.56 Å². The van der Waals surface area contributed by atoms with E-state index in [2.05, 4.69) is 11.4 Å². The van der Waals surface area contributed by atoms with Gasteiger partial charge in [-0.25, -0.2) is 4.79 Å². The van der Waals surface area contributed by atoms with E-state index in [9.17, 15) is 9.59 Å². The predicted molar refractivity (Wildman–Crippen MR) is 80.7 cm³/mol. The SMILES string of the molecule is N#C[C@H]1CS[C@@H]2C[C@@H](NC(=O)OCc3ccccc3)C(=O)N12. The van der Waals surface area contributed by atoms with Crippen molar-refractivity contribution in [1.29, 1.82) is 5.26 Å². The number of rotatable bonds is 3. The van der Waals surface area contributed by atoms with Crippen molar-refractivity contribution in [3.05, 3.63) is 35.9 Å². The number of benzene rings is 1. The van der Waals surface area contributed by atoms with Gasteiger partial charge in [0.05, 0.1) is 11.4 Å². The summed E-state index contributed by atoms with van der Waals surface area (Å²) in [5.41, 5.74) is 0.885. The summed E-state index contributed by atoms with van der Waals surface area (Å²) in [5, 5.41) is 11.6. The number of amides is 2. The standard InChI is InChI=1S/C15H15N3O3S/c16-7-11-9-22-13-6-12(14(19)18(11)13)17-15(20)21-8-10-4-2-1-3-5-10/h1-5,11-13H,6,8-9H2,(H,17,20)/t11-,12+,13+/m0/s1. The van der Waals surface area contributed by atoms with Gasteiger partial charge in [-0.15, -0.1) is 11.8 Å². The van der Waals surface area contributed by atoms with Crippen LogP contribution in [-0.2, 0) is 16.1 Å². The molecular formula is C15H15N3O3S. The molecule has 1 aromatic rings. The highest BCUT2D eigenvalue weighted by molar-refractivity contribution is 8.00. The first kappa shape index (κ1) is 14.7. The predicted octanol–water partition coefficient (Wildman–Crippen LogP) is 1.48. The lowest BCUT2D eigenvalue weighted by Gasteiger charge is -2.18. The molecule has 22 heavy (non-hydrogen) atoms. The molecule has 7 heteroatoms. The van der Waals surface area contributed by atoms with E-state index in [4.69, 9.17) is 10.00 Å². The highest BCUT2D eigenvalue weighted by atomic mass is 32.2. The van der Waals surface area contributed by atoms with Crippen LogP contribution < -0.4 is 5.32 Å². The smallest absolute Gasteiger partial charge is 0.408 e. The maximum Gasteiger partial charge on any atom is 0.408 e. The zero-order valence-electron chi connectivity index (χ0n) is 11.8. The number of hydrogen-bond acceptors (Lipinski definition) is 5. The van der Waals surface area contributed by atoms with Crippen LogP contribution in [0.5, 0.6) is 0 Å². The molecule has 0 spiro atoms. The van der Waals surface area contributed by atoms with Gasteiger partial charge in [0.15, 0.2) is 0 Å². The molecule has 0 radical (unpaired) electrons. The van der Waals surface area contributed by atoms with Crippen LogP contribution in [-0.4, -0.2) is 40.1 Å². The van der Waals surface area contributed by atoms with Gasteiger partial charge in [0, 0.05) is 12.2 Å². The number of fused-ring (bicyclic) bond motifs is 1. The van der Waals surface area contributed by atoms with Crippen molar-refractivity contribution in [2.75, 3.05) is 5.75 Å². The number of ether oxygens (including phenoxy) is 1. The van der Waals surface area contributed by atoms with Crippen LogP contribution in [0.1, 0.15) is 12.0 Å². The maximum absolute atomic E-state index is 12.3. The average Bonchev–Trinajstić information content (AvgIpc) is 3.07. The lowest BCUT2D eigenvalue weighted by atomic mass is 10.2. The van der Waals surface area contributed by atoms with Gasteiger partial charge in [-0.05, 0) is 5.56 Å². The third kappa shape index (κ3) is 2.88. The molecule has 2 aliphatic heterocycles. The molecule has 0 aromatic heterocycles. The van der Waals surface area contributed by atoms with Gasteiger partial charge in [0.25, 0.3) is 0 Å². The summed E-state index contributed by atoms with van der Waals surface area (Å²) in [6, 6.07) is 10.5. The van der Waals surface area contributed by atoms with Crippen molar-refractivity contribution in [3.8, 4) is 6.07 Å². The van der Waals surface area contributed by atoms with Crippen molar-refractivity contribution in [1.82, 2.24) is 10.2 Å². The Kier molecular flexibility index (Phi) is 4.20. The second-order valence-electron chi connectivity index (χ2n) is 5.17. The second kappa shape index (κ2) is 6.28. The molecule has 2 fully saturated rings. The van der Waals surface area contributed by atoms with Gasteiger partial charge in [-0.1, -0.05) is 30.3 Å². The molecule has 2 saturated heterocycles. The van der Waals surface area contributed by atoms with E-state index in [-0.39, 0.29) is 17.9 Å². The highest BCUT2D eigenvalue weighted by Crippen LogP contribution is 2.37. The largest absolute Gasteiger partial charge is 0.445 e. The molecule has 2 aliphatic rings. The van der Waals surface area contributed by atoms with E-state index in [0.29, 0.717) is 12.2 Å². The zero-order chi connectivity index (χ0) is 15.5. The Morgan fingerprint density at radius 2 is 2.23 bits per heavy atom. The molecule has 3 rings (SSSR count). The topological polar surface area (TPSA) is 82.4 Å². The van der Waals surface area contributed by atoms with Crippen LogP contribution in [0.25, 0.3) is 0 Å². The average molecular weight is 317 g/mol. The number of nitrogens with one attached hydrogen (secondary N) is 1. The first-order chi connectivity index (χ1) is 10.7. The summed E-state index contributed by atoms with van der Waals surface area (Å²) in [4.78, 5) is 25.6. The van der Waals surface area contributed by atoms with E-state index in [1.165, 1.54) is 0 Å². The molecule has 2 heterocycles. The zero-order valence-corrected chi connectivity index (χ0v) is 12.6. The van der Waals surface area contributed by atoms with Crippen molar-refractivity contribution in [2.24, 2.45) is 0 Å². The normalized spacial score (nSPS) is 26.4. The monoisotopic (exact) mass is 317 g/mol. The number of thioether (sulfide) groups is 1. The Balaban J connectivity index is 1.53. The molecule has 0 aliphatic carbocycles. The minimum Gasteiger partial charge on any atom is -0.445 e. The fourth-order valence-corrected chi connectivity index (χ4v) is 4.03. The molecule has 2 amide bonds. The van der Waals surface area contributed by atoms with Crippen molar-refractivity contribution < 1.29 is 14.3 Å². The summed E-state index contributed by atoms with van der Waals surface area (Å²) >= 11 is 1.58. The Morgan fingerprint density at radius 1 is 1.45 bits per heavy atom. The van der Waals surface area contributed by atoms with Crippen LogP contribution in [0.3, 0.4) is 0 Å². The summed E-state index contributed by atoms with van der Waals surface area (Å²) in [6.07, 6.45) is -0.0934. The fourth-order valence-electron chi connectivity index (χ4n) is 2.65. The summed E-state index contributed by atoms with van der Waals surface area (Å²) in [5.74, 6) is 0.441. The third-order valence-corrected chi connectivity index (χ3v) is 5.05. The van der Waals surface area contributed by atoms with Gasteiger partial charge in [-0.2, -0.15) is 5.26 Å².